The first-order chi connectivity index (χ1) is 15.8. The van der Waals surface area contributed by atoms with Gasteiger partial charge in [-0.1, -0.05) is 61.5 Å². The van der Waals surface area contributed by atoms with E-state index >= 15 is 0 Å². The third kappa shape index (κ3) is 5.13. The number of halogens is 1. The van der Waals surface area contributed by atoms with E-state index in [1.807, 2.05) is 60.8 Å². The Labute approximate surface area is 198 Å². The van der Waals surface area contributed by atoms with Crippen LogP contribution in [0.25, 0.3) is 22.4 Å². The lowest BCUT2D eigenvalue weighted by molar-refractivity contribution is 0.977. The van der Waals surface area contributed by atoms with Gasteiger partial charge in [-0.2, -0.15) is 5.10 Å². The second-order valence-corrected chi connectivity index (χ2v) is 7.88. The molecule has 0 bridgehead atoms. The van der Waals surface area contributed by atoms with Crippen LogP contribution in [-0.2, 0) is 13.0 Å². The molecule has 0 aliphatic heterocycles. The van der Waals surface area contributed by atoms with E-state index in [0.29, 0.717) is 18.0 Å². The van der Waals surface area contributed by atoms with Crippen LogP contribution in [0.5, 0.6) is 0 Å². The van der Waals surface area contributed by atoms with E-state index in [1.165, 1.54) is 5.56 Å². The molecule has 2 aromatic carbocycles. The van der Waals surface area contributed by atoms with Crippen molar-refractivity contribution >= 4 is 17.5 Å². The molecule has 0 saturated heterocycles. The zero-order valence-corrected chi connectivity index (χ0v) is 18.0. The fourth-order valence-electron chi connectivity index (χ4n) is 3.66. The second-order valence-electron chi connectivity index (χ2n) is 7.44. The van der Waals surface area contributed by atoms with Crippen molar-refractivity contribution in [1.82, 2.24) is 25.1 Å². The van der Waals surface area contributed by atoms with Gasteiger partial charge >= 0.3 is 0 Å². The summed E-state index contributed by atoms with van der Waals surface area (Å²) in [6.07, 6.45) is 6.07. The largest absolute Gasteiger partial charge is 0.352 e. The molecule has 3 aromatic heterocycles. The van der Waals surface area contributed by atoms with Crippen molar-refractivity contribution in [3.05, 3.63) is 107 Å². The van der Waals surface area contributed by atoms with Crippen molar-refractivity contribution in [3.63, 3.8) is 0 Å². The van der Waals surface area contributed by atoms with Crippen LogP contribution in [0.4, 0.5) is 5.95 Å². The summed E-state index contributed by atoms with van der Waals surface area (Å²) in [5.41, 5.74) is 7.16. The van der Waals surface area contributed by atoms with Crippen molar-refractivity contribution in [2.24, 2.45) is 0 Å². The van der Waals surface area contributed by atoms with E-state index in [0.717, 1.165) is 39.7 Å². The first kappa shape index (κ1) is 22.3. The number of aromatic amines is 2. The molecule has 0 unspecified atom stereocenters. The van der Waals surface area contributed by atoms with Gasteiger partial charge in [-0.15, -0.1) is 0 Å². The van der Waals surface area contributed by atoms with Crippen molar-refractivity contribution in [2.45, 2.75) is 20.4 Å². The van der Waals surface area contributed by atoms with Crippen molar-refractivity contribution in [1.29, 1.82) is 0 Å². The number of benzene rings is 2. The molecule has 0 spiro atoms. The number of hydrogen-bond donors (Lipinski definition) is 3. The summed E-state index contributed by atoms with van der Waals surface area (Å²) in [5, 5.41) is 11.9. The van der Waals surface area contributed by atoms with Gasteiger partial charge in [0.2, 0.25) is 5.95 Å². The van der Waals surface area contributed by atoms with E-state index in [4.69, 9.17) is 11.6 Å². The number of imidazole rings is 1. The van der Waals surface area contributed by atoms with E-state index in [9.17, 15) is 0 Å². The topological polar surface area (TPSA) is 82.3 Å². The zero-order chi connectivity index (χ0) is 21.8. The summed E-state index contributed by atoms with van der Waals surface area (Å²) in [4.78, 5) is 12.0. The predicted octanol–water partition coefficient (Wildman–Crippen LogP) is 6.35. The number of anilines is 1. The highest BCUT2D eigenvalue weighted by Crippen LogP contribution is 2.34. The molecule has 7 heteroatoms. The normalized spacial score (nSPS) is 10.6. The van der Waals surface area contributed by atoms with Crippen molar-refractivity contribution in [3.8, 4) is 22.4 Å². The van der Waals surface area contributed by atoms with Crippen LogP contribution in [-0.4, -0.2) is 25.1 Å². The molecule has 0 radical (unpaired) electrons. The van der Waals surface area contributed by atoms with Crippen molar-refractivity contribution < 1.29 is 0 Å². The molecule has 33 heavy (non-hydrogen) atoms. The maximum absolute atomic E-state index is 6.08. The predicted molar refractivity (Wildman–Crippen MR) is 134 cm³/mol. The van der Waals surface area contributed by atoms with Gasteiger partial charge in [0.25, 0.3) is 0 Å². The maximum Gasteiger partial charge on any atom is 0.200 e. The Morgan fingerprint density at radius 2 is 1.64 bits per heavy atom. The Hall–Kier alpha value is -3.90. The van der Waals surface area contributed by atoms with Crippen molar-refractivity contribution in [2.75, 3.05) is 5.32 Å². The molecule has 0 saturated carbocycles. The SMILES string of the molecule is C.Clc1ccc(-c2n[nH]c(Cc3cnc(NCc4ccccc4)[nH]3)c2-c2ccncc2)cc1. The number of H-pyrrole nitrogens is 2. The summed E-state index contributed by atoms with van der Waals surface area (Å²) >= 11 is 6.08. The highest BCUT2D eigenvalue weighted by molar-refractivity contribution is 6.30. The Bertz CT molecular complexity index is 1290. The summed E-state index contributed by atoms with van der Waals surface area (Å²) in [7, 11) is 0. The van der Waals surface area contributed by atoms with Crippen LogP contribution in [0, 0.1) is 0 Å². The van der Waals surface area contributed by atoms with Crippen LogP contribution >= 0.6 is 11.6 Å². The van der Waals surface area contributed by atoms with Gasteiger partial charge < -0.3 is 10.3 Å². The maximum atomic E-state index is 6.08. The second kappa shape index (κ2) is 10.1. The zero-order valence-electron chi connectivity index (χ0n) is 17.2. The molecule has 3 N–H and O–H groups in total. The van der Waals surface area contributed by atoms with E-state index in [2.05, 4.69) is 42.6 Å². The number of nitrogens with zero attached hydrogens (tertiary/aromatic N) is 3. The molecule has 0 aliphatic carbocycles. The van der Waals surface area contributed by atoms with E-state index in [-0.39, 0.29) is 7.43 Å². The fraction of sp³-hybridized carbons (Fsp3) is 0.115. The van der Waals surface area contributed by atoms with Crippen LogP contribution < -0.4 is 5.32 Å². The van der Waals surface area contributed by atoms with Crippen LogP contribution in [0.1, 0.15) is 24.4 Å². The smallest absolute Gasteiger partial charge is 0.200 e. The number of nitrogens with one attached hydrogen (secondary N) is 3. The molecule has 5 aromatic rings. The first-order valence-corrected chi connectivity index (χ1v) is 10.7. The minimum absolute atomic E-state index is 0. The number of rotatable bonds is 7. The summed E-state index contributed by atoms with van der Waals surface area (Å²) in [5.74, 6) is 0.742. The van der Waals surface area contributed by atoms with Crippen LogP contribution in [0.2, 0.25) is 5.02 Å². The summed E-state index contributed by atoms with van der Waals surface area (Å²) in [6.45, 7) is 0.709. The highest BCUT2D eigenvalue weighted by Gasteiger charge is 2.18. The Balaban J connectivity index is 0.00000259. The third-order valence-electron chi connectivity index (χ3n) is 5.23. The molecular weight excluding hydrogens is 432 g/mol. The lowest BCUT2D eigenvalue weighted by Gasteiger charge is -2.06. The standard InChI is InChI=1S/C25H21ClN6.CH4/c26-20-8-6-19(7-9-20)24-23(18-10-12-27-13-11-18)22(31-32-24)14-21-16-29-25(30-21)28-15-17-4-2-1-3-5-17;/h1-13,16H,14-15H2,(H,31,32)(H2,28,29,30);1H4. The van der Waals surface area contributed by atoms with Gasteiger partial charge in [-0.05, 0) is 35.4 Å². The molecule has 5 rings (SSSR count). The molecule has 0 fully saturated rings. The molecule has 0 amide bonds. The molecule has 166 valence electrons. The first-order valence-electron chi connectivity index (χ1n) is 10.3. The minimum atomic E-state index is 0. The quantitative estimate of drug-likeness (QED) is 0.266. The number of hydrogen-bond acceptors (Lipinski definition) is 4. The lowest BCUT2D eigenvalue weighted by atomic mass is 9.98. The van der Waals surface area contributed by atoms with E-state index < -0.39 is 0 Å². The van der Waals surface area contributed by atoms with Gasteiger partial charge in [-0.25, -0.2) is 4.98 Å². The highest BCUT2D eigenvalue weighted by atomic mass is 35.5. The average Bonchev–Trinajstić information content (AvgIpc) is 3.47. The van der Waals surface area contributed by atoms with Gasteiger partial charge in [0.05, 0.1) is 6.20 Å². The monoisotopic (exact) mass is 456 g/mol. The van der Waals surface area contributed by atoms with Gasteiger partial charge in [0.1, 0.15) is 5.69 Å². The molecular formula is C26H25ClN6. The summed E-state index contributed by atoms with van der Waals surface area (Å²) in [6, 6.07) is 21.9. The number of aromatic nitrogens is 5. The van der Waals surface area contributed by atoms with Crippen LogP contribution in [0.3, 0.4) is 0 Å². The molecule has 6 nitrogen and oxygen atoms in total. The average molecular weight is 457 g/mol. The minimum Gasteiger partial charge on any atom is -0.352 e. The Morgan fingerprint density at radius 1 is 0.879 bits per heavy atom. The molecule has 3 heterocycles. The fourth-order valence-corrected chi connectivity index (χ4v) is 3.79. The lowest BCUT2D eigenvalue weighted by Crippen LogP contribution is -2.01. The van der Waals surface area contributed by atoms with Gasteiger partial charge in [-0.3, -0.25) is 10.1 Å². The molecule has 0 aliphatic rings. The van der Waals surface area contributed by atoms with Crippen LogP contribution in [0.15, 0.2) is 85.3 Å². The number of pyridine rings is 1. The molecule has 0 atom stereocenters. The van der Waals surface area contributed by atoms with Gasteiger partial charge in [0.15, 0.2) is 0 Å². The van der Waals surface area contributed by atoms with E-state index in [1.54, 1.807) is 12.4 Å². The Morgan fingerprint density at radius 3 is 2.39 bits per heavy atom. The summed E-state index contributed by atoms with van der Waals surface area (Å²) < 4.78 is 0. The third-order valence-corrected chi connectivity index (χ3v) is 5.48. The van der Waals surface area contributed by atoms with Gasteiger partial charge in [0, 0.05) is 52.9 Å². The Kier molecular flexibility index (Phi) is 6.86.